The molecule has 1 saturated carbocycles. The first kappa shape index (κ1) is 18.2. The number of hydrogen-bond donors (Lipinski definition) is 1. The first-order valence-corrected chi connectivity index (χ1v) is 10.1. The number of nitrogens with one attached hydrogen (secondary N) is 1. The number of rotatable bonds is 7. The molecule has 0 spiro atoms. The van der Waals surface area contributed by atoms with Gasteiger partial charge in [0.15, 0.2) is 0 Å². The molecule has 1 amide bonds. The second kappa shape index (κ2) is 7.85. The highest BCUT2D eigenvalue weighted by molar-refractivity contribution is 5.76. The molecule has 1 aromatic heterocycles. The molecule has 144 valence electrons. The standard InChI is InChI=1S/C22H29N3O2/c1-15-3-4-16(2)18(11-15)12-23-22(26)8-7-20-19-14-27-10-9-21(19)25(24-20)13-17-5-6-17/h3-4,11,17H,5-10,12-14H2,1-2H3,(H,23,26). The van der Waals surface area contributed by atoms with Crippen LogP contribution < -0.4 is 5.32 Å². The van der Waals surface area contributed by atoms with Gasteiger partial charge in [0.1, 0.15) is 0 Å². The molecule has 4 rings (SSSR count). The molecule has 1 N–H and O–H groups in total. The minimum atomic E-state index is 0.0816. The van der Waals surface area contributed by atoms with E-state index in [9.17, 15) is 4.79 Å². The predicted molar refractivity (Wildman–Crippen MR) is 104 cm³/mol. The zero-order valence-electron chi connectivity index (χ0n) is 16.4. The molecule has 1 aromatic carbocycles. The fourth-order valence-corrected chi connectivity index (χ4v) is 3.78. The van der Waals surface area contributed by atoms with Crippen LogP contribution >= 0.6 is 0 Å². The van der Waals surface area contributed by atoms with Gasteiger partial charge in [0.25, 0.3) is 0 Å². The van der Waals surface area contributed by atoms with Crippen LogP contribution in [0.1, 0.15) is 52.9 Å². The minimum Gasteiger partial charge on any atom is -0.376 e. The summed E-state index contributed by atoms with van der Waals surface area (Å²) in [6, 6.07) is 6.35. The second-order valence-electron chi connectivity index (χ2n) is 8.01. The summed E-state index contributed by atoms with van der Waals surface area (Å²) in [4.78, 5) is 12.4. The Morgan fingerprint density at radius 3 is 3.00 bits per heavy atom. The highest BCUT2D eigenvalue weighted by atomic mass is 16.5. The van der Waals surface area contributed by atoms with Crippen molar-refractivity contribution in [3.05, 3.63) is 51.8 Å². The summed E-state index contributed by atoms with van der Waals surface area (Å²) in [7, 11) is 0. The predicted octanol–water partition coefficient (Wildman–Crippen LogP) is 3.23. The zero-order chi connectivity index (χ0) is 18.8. The first-order chi connectivity index (χ1) is 13.1. The molecule has 5 heteroatoms. The van der Waals surface area contributed by atoms with Gasteiger partial charge >= 0.3 is 0 Å². The van der Waals surface area contributed by atoms with Gasteiger partial charge in [-0.25, -0.2) is 0 Å². The summed E-state index contributed by atoms with van der Waals surface area (Å²) in [6.45, 7) is 7.19. The van der Waals surface area contributed by atoms with Crippen molar-refractivity contribution in [3.63, 3.8) is 0 Å². The van der Waals surface area contributed by atoms with Gasteiger partial charge in [0.2, 0.25) is 5.91 Å². The smallest absolute Gasteiger partial charge is 0.220 e. The molecule has 1 fully saturated rings. The van der Waals surface area contributed by atoms with Crippen LogP contribution in [0.25, 0.3) is 0 Å². The fourth-order valence-electron chi connectivity index (χ4n) is 3.78. The molecule has 1 aliphatic heterocycles. The molecule has 0 atom stereocenters. The van der Waals surface area contributed by atoms with Crippen LogP contribution in [0.15, 0.2) is 18.2 Å². The zero-order valence-corrected chi connectivity index (χ0v) is 16.4. The van der Waals surface area contributed by atoms with E-state index in [1.807, 2.05) is 0 Å². The van der Waals surface area contributed by atoms with Crippen molar-refractivity contribution in [1.29, 1.82) is 0 Å². The van der Waals surface area contributed by atoms with Gasteiger partial charge < -0.3 is 10.1 Å². The molecule has 2 aromatic rings. The molecule has 5 nitrogen and oxygen atoms in total. The maximum Gasteiger partial charge on any atom is 0.220 e. The Bertz CT molecular complexity index is 836. The molecule has 1 aliphatic carbocycles. The summed E-state index contributed by atoms with van der Waals surface area (Å²) in [5.41, 5.74) is 7.22. The minimum absolute atomic E-state index is 0.0816. The van der Waals surface area contributed by atoms with Crippen molar-refractivity contribution in [2.24, 2.45) is 5.92 Å². The number of nitrogens with zero attached hydrogens (tertiary/aromatic N) is 2. The number of hydrogen-bond acceptors (Lipinski definition) is 3. The normalized spacial score (nSPS) is 16.2. The lowest BCUT2D eigenvalue weighted by molar-refractivity contribution is -0.121. The SMILES string of the molecule is Cc1ccc(C)c(CNC(=O)CCc2nn(CC3CC3)c3c2COCC3)c1. The largest absolute Gasteiger partial charge is 0.376 e. The summed E-state index contributed by atoms with van der Waals surface area (Å²) in [5, 5.41) is 7.91. The Kier molecular flexibility index (Phi) is 5.30. The van der Waals surface area contributed by atoms with Crippen molar-refractivity contribution in [2.45, 2.75) is 65.6 Å². The van der Waals surface area contributed by atoms with E-state index in [1.165, 1.54) is 40.8 Å². The van der Waals surface area contributed by atoms with E-state index in [0.717, 1.165) is 31.2 Å². The number of aryl methyl sites for hydroxylation is 3. The van der Waals surface area contributed by atoms with Gasteiger partial charge in [-0.05, 0) is 43.7 Å². The van der Waals surface area contributed by atoms with E-state index in [4.69, 9.17) is 9.84 Å². The number of benzene rings is 1. The number of ether oxygens (including phenoxy) is 1. The van der Waals surface area contributed by atoms with Crippen molar-refractivity contribution in [1.82, 2.24) is 15.1 Å². The quantitative estimate of drug-likeness (QED) is 0.817. The van der Waals surface area contributed by atoms with Crippen LogP contribution in [0, 0.1) is 19.8 Å². The topological polar surface area (TPSA) is 56.2 Å². The first-order valence-electron chi connectivity index (χ1n) is 10.1. The maximum absolute atomic E-state index is 12.4. The number of aromatic nitrogens is 2. The molecular weight excluding hydrogens is 338 g/mol. The molecule has 2 aliphatic rings. The van der Waals surface area contributed by atoms with E-state index in [2.05, 4.69) is 42.0 Å². The second-order valence-corrected chi connectivity index (χ2v) is 8.01. The van der Waals surface area contributed by atoms with Crippen LogP contribution in [0.5, 0.6) is 0 Å². The van der Waals surface area contributed by atoms with E-state index >= 15 is 0 Å². The Hall–Kier alpha value is -2.14. The maximum atomic E-state index is 12.4. The number of amides is 1. The molecule has 27 heavy (non-hydrogen) atoms. The summed E-state index contributed by atoms with van der Waals surface area (Å²) < 4.78 is 7.85. The molecule has 0 radical (unpaired) electrons. The van der Waals surface area contributed by atoms with E-state index in [0.29, 0.717) is 26.0 Å². The lowest BCUT2D eigenvalue weighted by Crippen LogP contribution is -2.23. The average Bonchev–Trinajstić information content (AvgIpc) is 3.42. The molecule has 2 heterocycles. The van der Waals surface area contributed by atoms with Crippen molar-refractivity contribution >= 4 is 5.91 Å². The lowest BCUT2D eigenvalue weighted by Gasteiger charge is -2.15. The molecular formula is C22H29N3O2. The summed E-state index contributed by atoms with van der Waals surface area (Å²) in [5.74, 6) is 0.878. The van der Waals surface area contributed by atoms with Gasteiger partial charge in [-0.15, -0.1) is 0 Å². The molecule has 0 bridgehead atoms. The average molecular weight is 367 g/mol. The van der Waals surface area contributed by atoms with Gasteiger partial charge in [0, 0.05) is 43.6 Å². The van der Waals surface area contributed by atoms with Gasteiger partial charge in [0.05, 0.1) is 18.9 Å². The lowest BCUT2D eigenvalue weighted by atomic mass is 10.0. The molecule has 0 unspecified atom stereocenters. The van der Waals surface area contributed by atoms with E-state index < -0.39 is 0 Å². The highest BCUT2D eigenvalue weighted by Crippen LogP contribution is 2.32. The Labute approximate surface area is 161 Å². The van der Waals surface area contributed by atoms with Crippen LogP contribution in [0.4, 0.5) is 0 Å². The fraction of sp³-hybridized carbons (Fsp3) is 0.545. The number of carbonyl (C=O) groups excluding carboxylic acids is 1. The van der Waals surface area contributed by atoms with E-state index in [1.54, 1.807) is 0 Å². The summed E-state index contributed by atoms with van der Waals surface area (Å²) >= 11 is 0. The van der Waals surface area contributed by atoms with Gasteiger partial charge in [-0.2, -0.15) is 5.10 Å². The molecule has 0 saturated heterocycles. The van der Waals surface area contributed by atoms with E-state index in [-0.39, 0.29) is 5.91 Å². The van der Waals surface area contributed by atoms with Crippen molar-refractivity contribution < 1.29 is 9.53 Å². The van der Waals surface area contributed by atoms with Gasteiger partial charge in [-0.3, -0.25) is 9.48 Å². The van der Waals surface area contributed by atoms with Crippen molar-refractivity contribution in [2.75, 3.05) is 6.61 Å². The van der Waals surface area contributed by atoms with Crippen molar-refractivity contribution in [3.8, 4) is 0 Å². The third-order valence-electron chi connectivity index (χ3n) is 5.68. The number of fused-ring (bicyclic) bond motifs is 1. The van der Waals surface area contributed by atoms with Crippen LogP contribution in [0.2, 0.25) is 0 Å². The Morgan fingerprint density at radius 2 is 2.19 bits per heavy atom. The third kappa shape index (κ3) is 4.41. The Balaban J connectivity index is 1.36. The highest BCUT2D eigenvalue weighted by Gasteiger charge is 2.27. The number of carbonyl (C=O) groups is 1. The summed E-state index contributed by atoms with van der Waals surface area (Å²) in [6.07, 6.45) is 4.73. The van der Waals surface area contributed by atoms with Crippen LogP contribution in [0.3, 0.4) is 0 Å². The Morgan fingerprint density at radius 1 is 1.33 bits per heavy atom. The van der Waals surface area contributed by atoms with Crippen LogP contribution in [-0.2, 0) is 42.1 Å². The van der Waals surface area contributed by atoms with Crippen LogP contribution in [-0.4, -0.2) is 22.3 Å². The third-order valence-corrected chi connectivity index (χ3v) is 5.68. The van der Waals surface area contributed by atoms with Gasteiger partial charge in [-0.1, -0.05) is 23.8 Å². The monoisotopic (exact) mass is 367 g/mol.